The maximum absolute atomic E-state index is 6.18. The molecule has 0 unspecified atom stereocenters. The normalized spacial score (nSPS) is 10.9. The van der Waals surface area contributed by atoms with E-state index in [1.165, 1.54) is 23.1 Å². The van der Waals surface area contributed by atoms with E-state index < -0.39 is 0 Å². The van der Waals surface area contributed by atoms with E-state index in [-0.39, 0.29) is 0 Å². The van der Waals surface area contributed by atoms with Crippen LogP contribution in [-0.4, -0.2) is 0 Å². The summed E-state index contributed by atoms with van der Waals surface area (Å²) < 4.78 is 0. The third kappa shape index (κ3) is 4.55. The minimum absolute atomic E-state index is 0.731. The van der Waals surface area contributed by atoms with Crippen LogP contribution in [-0.2, 0) is 6.42 Å². The van der Waals surface area contributed by atoms with E-state index in [1.807, 2.05) is 6.07 Å². The predicted molar refractivity (Wildman–Crippen MR) is 78.6 cm³/mol. The number of allylic oxidation sites excluding steroid dienone is 1. The molecule has 0 aromatic heterocycles. The highest BCUT2D eigenvalue weighted by Gasteiger charge is 2.05. The van der Waals surface area contributed by atoms with Crippen LogP contribution in [0.3, 0.4) is 0 Å². The number of hydrogen-bond donors (Lipinski definition) is 0. The summed E-state index contributed by atoms with van der Waals surface area (Å²) in [5, 5.41) is 0.882. The van der Waals surface area contributed by atoms with E-state index in [2.05, 4.69) is 39.5 Å². The number of halogens is 1. The second-order valence-corrected chi connectivity index (χ2v) is 5.50. The zero-order chi connectivity index (χ0) is 12.8. The van der Waals surface area contributed by atoms with Gasteiger partial charge in [0, 0.05) is 5.02 Å². The van der Waals surface area contributed by atoms with Gasteiger partial charge in [-0.25, -0.2) is 0 Å². The lowest BCUT2D eigenvalue weighted by atomic mass is 9.96. The molecule has 0 radical (unpaired) electrons. The van der Waals surface area contributed by atoms with Crippen molar-refractivity contribution < 1.29 is 0 Å². The Kier molecular flexibility index (Phi) is 5.77. The van der Waals surface area contributed by atoms with Crippen LogP contribution in [0.2, 0.25) is 5.02 Å². The average molecular weight is 251 g/mol. The van der Waals surface area contributed by atoms with Crippen molar-refractivity contribution in [3.63, 3.8) is 0 Å². The summed E-state index contributed by atoms with van der Waals surface area (Å²) >= 11 is 6.18. The molecule has 0 heterocycles. The van der Waals surface area contributed by atoms with Gasteiger partial charge in [-0.1, -0.05) is 57.5 Å². The maximum Gasteiger partial charge on any atom is 0.0438 e. The Balaban J connectivity index is 2.76. The number of hydrogen-bond acceptors (Lipinski definition) is 0. The molecule has 1 heteroatoms. The Morgan fingerprint density at radius 1 is 1.35 bits per heavy atom. The zero-order valence-electron chi connectivity index (χ0n) is 11.2. The first-order valence-electron chi connectivity index (χ1n) is 6.51. The van der Waals surface area contributed by atoms with E-state index in [0.29, 0.717) is 0 Å². The zero-order valence-corrected chi connectivity index (χ0v) is 12.0. The van der Waals surface area contributed by atoms with Crippen molar-refractivity contribution in [2.24, 2.45) is 5.92 Å². The molecule has 0 atom stereocenters. The number of benzene rings is 1. The molecule has 0 N–H and O–H groups in total. The summed E-state index contributed by atoms with van der Waals surface area (Å²) in [7, 11) is 0. The van der Waals surface area contributed by atoms with Crippen molar-refractivity contribution in [3.8, 4) is 0 Å². The molecule has 0 aliphatic rings. The van der Waals surface area contributed by atoms with Gasteiger partial charge in [-0.2, -0.15) is 0 Å². The number of rotatable bonds is 6. The van der Waals surface area contributed by atoms with Crippen LogP contribution in [0.5, 0.6) is 0 Å². The van der Waals surface area contributed by atoms with Crippen LogP contribution in [0.1, 0.15) is 51.2 Å². The molecule has 1 aromatic rings. The van der Waals surface area contributed by atoms with Gasteiger partial charge in [0.1, 0.15) is 0 Å². The maximum atomic E-state index is 6.18. The molecule has 0 amide bonds. The van der Waals surface area contributed by atoms with Crippen molar-refractivity contribution >= 4 is 17.2 Å². The van der Waals surface area contributed by atoms with Gasteiger partial charge in [0.05, 0.1) is 0 Å². The highest BCUT2D eigenvalue weighted by molar-refractivity contribution is 6.31. The smallest absolute Gasteiger partial charge is 0.0438 e. The van der Waals surface area contributed by atoms with E-state index in [1.54, 1.807) is 0 Å². The fourth-order valence-electron chi connectivity index (χ4n) is 1.86. The molecule has 0 saturated heterocycles. The van der Waals surface area contributed by atoms with Crippen LogP contribution >= 0.6 is 11.6 Å². The minimum atomic E-state index is 0.731. The van der Waals surface area contributed by atoms with E-state index in [4.69, 9.17) is 11.6 Å². The molecule has 0 nitrogen and oxygen atoms in total. The van der Waals surface area contributed by atoms with Gasteiger partial charge in [-0.05, 0) is 47.9 Å². The second-order valence-electron chi connectivity index (χ2n) is 5.09. The summed E-state index contributed by atoms with van der Waals surface area (Å²) in [5.41, 5.74) is 3.73. The summed E-state index contributed by atoms with van der Waals surface area (Å²) in [6.07, 6.45) is 4.45. The van der Waals surface area contributed by atoms with Gasteiger partial charge in [-0.15, -0.1) is 0 Å². The molecule has 0 spiro atoms. The lowest BCUT2D eigenvalue weighted by molar-refractivity contribution is 0.599. The predicted octanol–water partition coefficient (Wildman–Crippen LogP) is 5.74. The van der Waals surface area contributed by atoms with Gasteiger partial charge >= 0.3 is 0 Å². The lowest BCUT2D eigenvalue weighted by Crippen LogP contribution is -1.92. The van der Waals surface area contributed by atoms with Gasteiger partial charge in [0.25, 0.3) is 0 Å². The van der Waals surface area contributed by atoms with Gasteiger partial charge in [0.15, 0.2) is 0 Å². The minimum Gasteiger partial charge on any atom is -0.0952 e. The van der Waals surface area contributed by atoms with E-state index >= 15 is 0 Å². The molecule has 94 valence electrons. The topological polar surface area (TPSA) is 0 Å². The van der Waals surface area contributed by atoms with Crippen LogP contribution in [0.4, 0.5) is 0 Å². The molecule has 1 aromatic carbocycles. The molecule has 0 aliphatic heterocycles. The highest BCUT2D eigenvalue weighted by Crippen LogP contribution is 2.25. The molecule has 17 heavy (non-hydrogen) atoms. The van der Waals surface area contributed by atoms with Crippen molar-refractivity contribution in [1.29, 1.82) is 0 Å². The third-order valence-electron chi connectivity index (χ3n) is 3.00. The van der Waals surface area contributed by atoms with Crippen LogP contribution in [0.15, 0.2) is 24.8 Å². The Labute approximate surface area is 111 Å². The van der Waals surface area contributed by atoms with Crippen molar-refractivity contribution in [2.75, 3.05) is 0 Å². The standard InChI is InChI=1S/C16H23Cl/c1-5-6-15-11-14(9-10-16(15)17)13(4)8-7-12(2)3/h9-12H,4-8H2,1-3H3. The molecule has 0 saturated carbocycles. The Morgan fingerprint density at radius 2 is 2.06 bits per heavy atom. The molecule has 0 bridgehead atoms. The van der Waals surface area contributed by atoms with Crippen molar-refractivity contribution in [3.05, 3.63) is 40.9 Å². The largest absolute Gasteiger partial charge is 0.0952 e. The first-order chi connectivity index (χ1) is 8.04. The molecule has 0 aliphatic carbocycles. The third-order valence-corrected chi connectivity index (χ3v) is 3.37. The van der Waals surface area contributed by atoms with Gasteiger partial charge in [0.2, 0.25) is 0 Å². The summed E-state index contributed by atoms with van der Waals surface area (Å²) in [4.78, 5) is 0. The SMILES string of the molecule is C=C(CCC(C)C)c1ccc(Cl)c(CCC)c1. The van der Waals surface area contributed by atoms with E-state index in [0.717, 1.165) is 30.2 Å². The fraction of sp³-hybridized carbons (Fsp3) is 0.500. The summed E-state index contributed by atoms with van der Waals surface area (Å²) in [6.45, 7) is 10.9. The van der Waals surface area contributed by atoms with E-state index in [9.17, 15) is 0 Å². The van der Waals surface area contributed by atoms with Gasteiger partial charge in [-0.3, -0.25) is 0 Å². The lowest BCUT2D eigenvalue weighted by Gasteiger charge is -2.11. The average Bonchev–Trinajstić information content (AvgIpc) is 2.29. The number of aryl methyl sites for hydroxylation is 1. The summed E-state index contributed by atoms with van der Waals surface area (Å²) in [5.74, 6) is 0.731. The summed E-state index contributed by atoms with van der Waals surface area (Å²) in [6, 6.07) is 6.29. The molecule has 0 fully saturated rings. The van der Waals surface area contributed by atoms with Crippen molar-refractivity contribution in [2.45, 2.75) is 46.5 Å². The molecular formula is C16H23Cl. The second kappa shape index (κ2) is 6.86. The quantitative estimate of drug-likeness (QED) is 0.604. The Hall–Kier alpha value is -0.750. The van der Waals surface area contributed by atoms with Crippen molar-refractivity contribution in [1.82, 2.24) is 0 Å². The van der Waals surface area contributed by atoms with Crippen LogP contribution in [0.25, 0.3) is 5.57 Å². The molecule has 1 rings (SSSR count). The first kappa shape index (κ1) is 14.3. The Bertz CT molecular complexity index is 377. The Morgan fingerprint density at radius 3 is 2.65 bits per heavy atom. The first-order valence-corrected chi connectivity index (χ1v) is 6.89. The fourth-order valence-corrected chi connectivity index (χ4v) is 2.07. The van der Waals surface area contributed by atoms with Crippen LogP contribution < -0.4 is 0 Å². The van der Waals surface area contributed by atoms with Gasteiger partial charge < -0.3 is 0 Å². The highest BCUT2D eigenvalue weighted by atomic mass is 35.5. The molecular weight excluding hydrogens is 228 g/mol. The van der Waals surface area contributed by atoms with Crippen LogP contribution in [0, 0.1) is 5.92 Å². The monoisotopic (exact) mass is 250 g/mol.